The third-order valence-electron chi connectivity index (χ3n) is 3.78. The molecule has 0 radical (unpaired) electrons. The molecule has 0 saturated carbocycles. The first-order valence-corrected chi connectivity index (χ1v) is 7.04. The maximum atomic E-state index is 12.7. The summed E-state index contributed by atoms with van der Waals surface area (Å²) in [6.07, 6.45) is -4.83. The standard InChI is InChI=1S/C13H24F3N3O2/c1-10(4-7-18(2)3)17-11(20)19-8-5-12(21,6-9-19)13(14,15)16/h10,21H,4-9H2,1-3H3,(H,17,20). The average Bonchev–Trinajstić information content (AvgIpc) is 2.35. The summed E-state index contributed by atoms with van der Waals surface area (Å²) in [5.74, 6) is 0. The molecule has 1 aliphatic rings. The number of halogens is 3. The molecule has 0 aromatic heterocycles. The van der Waals surface area contributed by atoms with Crippen LogP contribution in [0.4, 0.5) is 18.0 Å². The van der Waals surface area contributed by atoms with Crippen molar-refractivity contribution in [3.8, 4) is 0 Å². The molecule has 1 fully saturated rings. The molecule has 2 N–H and O–H groups in total. The molecule has 1 saturated heterocycles. The third kappa shape index (κ3) is 5.03. The van der Waals surface area contributed by atoms with Crippen LogP contribution >= 0.6 is 0 Å². The van der Waals surface area contributed by atoms with Gasteiger partial charge in [-0.05, 0) is 34.0 Å². The van der Waals surface area contributed by atoms with Crippen molar-refractivity contribution in [1.82, 2.24) is 15.1 Å². The molecule has 8 heteroatoms. The van der Waals surface area contributed by atoms with E-state index in [-0.39, 0.29) is 25.2 Å². The third-order valence-corrected chi connectivity index (χ3v) is 3.78. The van der Waals surface area contributed by atoms with Gasteiger partial charge in [0, 0.05) is 32.0 Å². The van der Waals surface area contributed by atoms with Gasteiger partial charge in [-0.1, -0.05) is 0 Å². The molecule has 1 unspecified atom stereocenters. The van der Waals surface area contributed by atoms with Gasteiger partial charge in [0.2, 0.25) is 0 Å². The van der Waals surface area contributed by atoms with Crippen LogP contribution in [0.3, 0.4) is 0 Å². The monoisotopic (exact) mass is 311 g/mol. The molecule has 0 aromatic rings. The molecule has 1 heterocycles. The Balaban J connectivity index is 2.42. The molecule has 0 bridgehead atoms. The summed E-state index contributed by atoms with van der Waals surface area (Å²) < 4.78 is 38.0. The van der Waals surface area contributed by atoms with Gasteiger partial charge >= 0.3 is 12.2 Å². The lowest BCUT2D eigenvalue weighted by Gasteiger charge is -2.39. The van der Waals surface area contributed by atoms with Crippen LogP contribution in [0.25, 0.3) is 0 Å². The van der Waals surface area contributed by atoms with Gasteiger partial charge in [-0.25, -0.2) is 4.79 Å². The minimum atomic E-state index is -4.64. The van der Waals surface area contributed by atoms with Gasteiger partial charge in [-0.15, -0.1) is 0 Å². The number of amides is 2. The topological polar surface area (TPSA) is 55.8 Å². The van der Waals surface area contributed by atoms with Crippen molar-refractivity contribution < 1.29 is 23.1 Å². The molecular formula is C13H24F3N3O2. The van der Waals surface area contributed by atoms with E-state index >= 15 is 0 Å². The fraction of sp³-hybridized carbons (Fsp3) is 0.923. The maximum absolute atomic E-state index is 12.7. The molecule has 1 rings (SSSR count). The van der Waals surface area contributed by atoms with E-state index in [4.69, 9.17) is 0 Å². The number of hydrogen-bond acceptors (Lipinski definition) is 3. The van der Waals surface area contributed by atoms with E-state index in [0.717, 1.165) is 13.0 Å². The number of rotatable bonds is 4. The van der Waals surface area contributed by atoms with Gasteiger partial charge in [0.15, 0.2) is 5.60 Å². The molecule has 0 aliphatic carbocycles. The van der Waals surface area contributed by atoms with Crippen molar-refractivity contribution in [3.05, 3.63) is 0 Å². The molecule has 124 valence electrons. The van der Waals surface area contributed by atoms with E-state index in [1.54, 1.807) is 0 Å². The zero-order chi connectivity index (χ0) is 16.3. The van der Waals surface area contributed by atoms with Crippen molar-refractivity contribution in [3.63, 3.8) is 0 Å². The summed E-state index contributed by atoms with van der Waals surface area (Å²) in [7, 11) is 3.86. The second kappa shape index (κ2) is 6.83. The first-order valence-electron chi connectivity index (χ1n) is 7.04. The van der Waals surface area contributed by atoms with Gasteiger partial charge < -0.3 is 20.2 Å². The van der Waals surface area contributed by atoms with Crippen LogP contribution < -0.4 is 5.32 Å². The van der Waals surface area contributed by atoms with Crippen LogP contribution in [-0.4, -0.2) is 72.5 Å². The number of hydrogen-bond donors (Lipinski definition) is 2. The largest absolute Gasteiger partial charge is 0.417 e. The first-order chi connectivity index (χ1) is 9.55. The summed E-state index contributed by atoms with van der Waals surface area (Å²) in [4.78, 5) is 15.3. The molecular weight excluding hydrogens is 287 g/mol. The van der Waals surface area contributed by atoms with Gasteiger partial charge in [0.1, 0.15) is 0 Å². The van der Waals surface area contributed by atoms with Gasteiger partial charge in [-0.2, -0.15) is 13.2 Å². The predicted molar refractivity (Wildman–Crippen MR) is 73.0 cm³/mol. The highest BCUT2D eigenvalue weighted by Crippen LogP contribution is 2.38. The quantitative estimate of drug-likeness (QED) is 0.826. The second-order valence-corrected chi connectivity index (χ2v) is 5.96. The van der Waals surface area contributed by atoms with Gasteiger partial charge in [0.05, 0.1) is 0 Å². The molecule has 0 spiro atoms. The summed E-state index contributed by atoms with van der Waals surface area (Å²) in [5.41, 5.74) is -2.67. The smallest absolute Gasteiger partial charge is 0.380 e. The summed E-state index contributed by atoms with van der Waals surface area (Å²) in [5, 5.41) is 12.3. The van der Waals surface area contributed by atoms with Crippen LogP contribution in [0.5, 0.6) is 0 Å². The summed E-state index contributed by atoms with van der Waals surface area (Å²) in [6.45, 7) is 2.48. The first kappa shape index (κ1) is 18.0. The number of urea groups is 1. The highest BCUT2D eigenvalue weighted by atomic mass is 19.4. The van der Waals surface area contributed by atoms with Crippen molar-refractivity contribution in [2.45, 2.75) is 44.0 Å². The second-order valence-electron chi connectivity index (χ2n) is 5.96. The van der Waals surface area contributed by atoms with E-state index in [1.807, 2.05) is 25.9 Å². The van der Waals surface area contributed by atoms with Crippen LogP contribution in [0.1, 0.15) is 26.2 Å². The summed E-state index contributed by atoms with van der Waals surface area (Å²) in [6, 6.07) is -0.422. The number of nitrogens with zero attached hydrogens (tertiary/aromatic N) is 2. The average molecular weight is 311 g/mol. The molecule has 0 aromatic carbocycles. The Morgan fingerprint density at radius 3 is 2.33 bits per heavy atom. The minimum absolute atomic E-state index is 0.0525. The SMILES string of the molecule is CC(CCN(C)C)NC(=O)N1CCC(O)(C(F)(F)F)CC1. The molecule has 2 amide bonds. The number of likely N-dealkylation sites (tertiary alicyclic amines) is 1. The van der Waals surface area contributed by atoms with E-state index in [1.165, 1.54) is 4.90 Å². The number of carbonyl (C=O) groups is 1. The fourth-order valence-electron chi connectivity index (χ4n) is 2.19. The van der Waals surface area contributed by atoms with Gasteiger partial charge in [-0.3, -0.25) is 0 Å². The minimum Gasteiger partial charge on any atom is -0.380 e. The van der Waals surface area contributed by atoms with Crippen LogP contribution in [-0.2, 0) is 0 Å². The number of alkyl halides is 3. The zero-order valence-electron chi connectivity index (χ0n) is 12.7. The van der Waals surface area contributed by atoms with E-state index < -0.39 is 24.6 Å². The zero-order valence-corrected chi connectivity index (χ0v) is 12.7. The Morgan fingerprint density at radius 2 is 1.90 bits per heavy atom. The van der Waals surface area contributed by atoms with Crippen molar-refractivity contribution in [2.75, 3.05) is 33.7 Å². The van der Waals surface area contributed by atoms with Crippen LogP contribution in [0.2, 0.25) is 0 Å². The van der Waals surface area contributed by atoms with E-state index in [9.17, 15) is 23.1 Å². The van der Waals surface area contributed by atoms with Gasteiger partial charge in [0.25, 0.3) is 0 Å². The Morgan fingerprint density at radius 1 is 1.38 bits per heavy atom. The van der Waals surface area contributed by atoms with E-state index in [0.29, 0.717) is 0 Å². The van der Waals surface area contributed by atoms with E-state index in [2.05, 4.69) is 5.32 Å². The van der Waals surface area contributed by atoms with Crippen molar-refractivity contribution >= 4 is 6.03 Å². The maximum Gasteiger partial charge on any atom is 0.417 e. The highest BCUT2D eigenvalue weighted by molar-refractivity contribution is 5.74. The summed E-state index contributed by atoms with van der Waals surface area (Å²) >= 11 is 0. The van der Waals surface area contributed by atoms with Crippen molar-refractivity contribution in [1.29, 1.82) is 0 Å². The molecule has 1 atom stereocenters. The van der Waals surface area contributed by atoms with Crippen molar-refractivity contribution in [2.24, 2.45) is 0 Å². The lowest BCUT2D eigenvalue weighted by molar-refractivity contribution is -0.271. The fourth-order valence-corrected chi connectivity index (χ4v) is 2.19. The Bertz CT molecular complexity index is 353. The number of aliphatic hydroxyl groups is 1. The highest BCUT2D eigenvalue weighted by Gasteiger charge is 2.54. The Labute approximate surface area is 123 Å². The Hall–Kier alpha value is -1.02. The normalized spacial score (nSPS) is 20.5. The number of carbonyl (C=O) groups excluding carboxylic acids is 1. The molecule has 1 aliphatic heterocycles. The molecule has 21 heavy (non-hydrogen) atoms. The number of nitrogens with one attached hydrogen (secondary N) is 1. The van der Waals surface area contributed by atoms with Crippen LogP contribution in [0.15, 0.2) is 0 Å². The van der Waals surface area contributed by atoms with Crippen LogP contribution in [0, 0.1) is 0 Å². The number of piperidine rings is 1. The lowest BCUT2D eigenvalue weighted by Crippen LogP contribution is -2.56. The lowest BCUT2D eigenvalue weighted by atomic mass is 9.91. The predicted octanol–water partition coefficient (Wildman–Crippen LogP) is 1.43. The molecule has 5 nitrogen and oxygen atoms in total. The Kier molecular flexibility index (Phi) is 5.86.